The van der Waals surface area contributed by atoms with E-state index in [0.717, 1.165) is 11.1 Å². The van der Waals surface area contributed by atoms with Crippen LogP contribution in [0, 0.1) is 10.8 Å². The minimum Gasteiger partial charge on any atom is -0.868 e. The van der Waals surface area contributed by atoms with E-state index in [2.05, 4.69) is 52.6 Å². The first-order valence-electron chi connectivity index (χ1n) is 7.22. The normalized spacial score (nSPS) is 12.5. The molecular formula is C18H25LiNO+. The Morgan fingerprint density at radius 1 is 0.905 bits per heavy atom. The van der Waals surface area contributed by atoms with Crippen molar-refractivity contribution in [2.45, 2.75) is 47.5 Å². The first-order chi connectivity index (χ1) is 9.10. The van der Waals surface area contributed by atoms with Crippen LogP contribution in [0.3, 0.4) is 0 Å². The van der Waals surface area contributed by atoms with Crippen molar-refractivity contribution >= 4 is 10.9 Å². The van der Waals surface area contributed by atoms with Crippen molar-refractivity contribution in [1.82, 2.24) is 0 Å². The average molecular weight is 278 g/mol. The molecule has 0 spiro atoms. The molecule has 21 heavy (non-hydrogen) atoms. The molecule has 1 heterocycles. The predicted octanol–water partition coefficient (Wildman–Crippen LogP) is 0.907. The van der Waals surface area contributed by atoms with Gasteiger partial charge in [-0.1, -0.05) is 53.7 Å². The van der Waals surface area contributed by atoms with Gasteiger partial charge in [0, 0.05) is 11.5 Å². The molecule has 0 saturated heterocycles. The van der Waals surface area contributed by atoms with Gasteiger partial charge in [-0.3, -0.25) is 0 Å². The van der Waals surface area contributed by atoms with Crippen LogP contribution in [-0.2, 0) is 0 Å². The fourth-order valence-electron chi connectivity index (χ4n) is 3.59. The average Bonchev–Trinajstić information content (AvgIpc) is 2.26. The number of aromatic amines is 1. The summed E-state index contributed by atoms with van der Waals surface area (Å²) in [5, 5.41) is 13.0. The second-order valence-electron chi connectivity index (χ2n) is 7.80. The van der Waals surface area contributed by atoms with Crippen molar-refractivity contribution in [2.75, 3.05) is 0 Å². The summed E-state index contributed by atoms with van der Waals surface area (Å²) >= 11 is 0. The fraction of sp³-hybridized carbons (Fsp3) is 0.500. The number of benzene rings is 1. The van der Waals surface area contributed by atoms with E-state index in [4.69, 9.17) is 0 Å². The molecule has 2 aromatic rings. The molecule has 0 amide bonds. The summed E-state index contributed by atoms with van der Waals surface area (Å²) in [4.78, 5) is 3.40. The van der Waals surface area contributed by atoms with Gasteiger partial charge < -0.3 is 5.11 Å². The van der Waals surface area contributed by atoms with Gasteiger partial charge in [0.2, 0.25) is 5.52 Å². The molecule has 2 nitrogen and oxygen atoms in total. The van der Waals surface area contributed by atoms with Gasteiger partial charge >= 0.3 is 18.9 Å². The van der Waals surface area contributed by atoms with E-state index in [0.29, 0.717) is 11.4 Å². The number of pyridine rings is 1. The largest absolute Gasteiger partial charge is 1.00 e. The minimum absolute atomic E-state index is 0. The summed E-state index contributed by atoms with van der Waals surface area (Å²) in [6, 6.07) is 9.57. The molecule has 0 aliphatic carbocycles. The molecule has 0 saturated carbocycles. The van der Waals surface area contributed by atoms with Gasteiger partial charge in [0.1, 0.15) is 0 Å². The number of aromatic nitrogens is 1. The molecule has 3 heteroatoms. The van der Waals surface area contributed by atoms with Crippen molar-refractivity contribution < 1.29 is 29.0 Å². The minimum atomic E-state index is 0. The molecule has 108 valence electrons. The monoisotopic (exact) mass is 278 g/mol. The summed E-state index contributed by atoms with van der Waals surface area (Å²) in [5.41, 5.74) is 2.10. The third-order valence-corrected chi connectivity index (χ3v) is 3.81. The van der Waals surface area contributed by atoms with Crippen LogP contribution in [0.15, 0.2) is 30.3 Å². The molecule has 0 fully saturated rings. The van der Waals surface area contributed by atoms with E-state index >= 15 is 0 Å². The zero-order chi connectivity index (χ0) is 15.1. The SMILES string of the molecule is CC(C)(C)C(c1ccc2cccc([O-])c2[nH+]1)C(C)(C)C.[Li+]. The summed E-state index contributed by atoms with van der Waals surface area (Å²) in [5.74, 6) is 0.407. The van der Waals surface area contributed by atoms with Crippen LogP contribution in [0.5, 0.6) is 5.75 Å². The van der Waals surface area contributed by atoms with Gasteiger partial charge in [-0.15, -0.1) is 0 Å². The molecule has 0 radical (unpaired) electrons. The molecule has 0 aliphatic heterocycles. The van der Waals surface area contributed by atoms with E-state index in [-0.39, 0.29) is 35.4 Å². The molecule has 1 aromatic heterocycles. The van der Waals surface area contributed by atoms with Gasteiger partial charge in [-0.25, -0.2) is 4.98 Å². The third-order valence-electron chi connectivity index (χ3n) is 3.81. The van der Waals surface area contributed by atoms with Gasteiger partial charge in [0.05, 0.1) is 5.92 Å². The van der Waals surface area contributed by atoms with Gasteiger partial charge in [0.25, 0.3) is 0 Å². The second kappa shape index (κ2) is 6.03. The van der Waals surface area contributed by atoms with E-state index in [9.17, 15) is 5.11 Å². The number of para-hydroxylation sites is 1. The zero-order valence-corrected chi connectivity index (χ0v) is 14.4. The summed E-state index contributed by atoms with van der Waals surface area (Å²) < 4.78 is 0. The summed E-state index contributed by atoms with van der Waals surface area (Å²) in [6.07, 6.45) is 0. The summed E-state index contributed by atoms with van der Waals surface area (Å²) in [6.45, 7) is 13.5. The quantitative estimate of drug-likeness (QED) is 0.714. The number of hydrogen-bond donors (Lipinski definition) is 0. The maximum absolute atomic E-state index is 12.0. The zero-order valence-electron chi connectivity index (χ0n) is 14.4. The summed E-state index contributed by atoms with van der Waals surface area (Å²) in [7, 11) is 0. The fourth-order valence-corrected chi connectivity index (χ4v) is 3.59. The Morgan fingerprint density at radius 3 is 2.00 bits per heavy atom. The van der Waals surface area contributed by atoms with Gasteiger partial charge in [-0.05, 0) is 28.7 Å². The van der Waals surface area contributed by atoms with E-state index in [1.54, 1.807) is 6.07 Å². The van der Waals surface area contributed by atoms with Crippen LogP contribution in [0.25, 0.3) is 10.9 Å². The molecule has 2 rings (SSSR count). The first kappa shape index (κ1) is 18.1. The molecule has 0 aliphatic rings. The maximum Gasteiger partial charge on any atom is 1.00 e. The van der Waals surface area contributed by atoms with Gasteiger partial charge in [-0.2, -0.15) is 0 Å². The molecule has 1 N–H and O–H groups in total. The Bertz CT molecular complexity index is 609. The van der Waals surface area contributed by atoms with E-state index in [1.807, 2.05) is 18.2 Å². The smallest absolute Gasteiger partial charge is 0.868 e. The Labute approximate surface area is 140 Å². The van der Waals surface area contributed by atoms with Crippen molar-refractivity contribution in [3.63, 3.8) is 0 Å². The van der Waals surface area contributed by atoms with Gasteiger partial charge in [0.15, 0.2) is 5.69 Å². The van der Waals surface area contributed by atoms with Crippen LogP contribution in [0.4, 0.5) is 0 Å². The third kappa shape index (κ3) is 3.81. The maximum atomic E-state index is 12.0. The van der Waals surface area contributed by atoms with E-state index in [1.165, 1.54) is 0 Å². The van der Waals surface area contributed by atoms with Crippen LogP contribution >= 0.6 is 0 Å². The Balaban J connectivity index is 0.00000220. The number of H-pyrrole nitrogens is 1. The Kier molecular flexibility index (Phi) is 5.19. The molecule has 0 unspecified atom stereocenters. The Morgan fingerprint density at radius 2 is 1.48 bits per heavy atom. The predicted molar refractivity (Wildman–Crippen MR) is 81.6 cm³/mol. The molecule has 0 bridgehead atoms. The number of fused-ring (bicyclic) bond motifs is 1. The van der Waals surface area contributed by atoms with Crippen molar-refractivity contribution in [3.05, 3.63) is 36.0 Å². The Hall–Kier alpha value is -0.973. The van der Waals surface area contributed by atoms with Crippen molar-refractivity contribution in [1.29, 1.82) is 0 Å². The standard InChI is InChI=1S/C18H25NO.Li/c1-17(2,3)16(18(4,5)6)13-11-10-12-8-7-9-14(20)15(12)19-13;/h7-11,16,20H,1-6H3;/q;+1. The van der Waals surface area contributed by atoms with Crippen LogP contribution in [0.1, 0.15) is 53.2 Å². The van der Waals surface area contributed by atoms with E-state index < -0.39 is 0 Å². The first-order valence-corrected chi connectivity index (χ1v) is 7.22. The van der Waals surface area contributed by atoms with Crippen LogP contribution < -0.4 is 29.0 Å². The number of rotatable bonds is 1. The van der Waals surface area contributed by atoms with Crippen molar-refractivity contribution in [3.8, 4) is 5.75 Å². The second-order valence-corrected chi connectivity index (χ2v) is 7.80. The van der Waals surface area contributed by atoms with Crippen LogP contribution in [0.2, 0.25) is 0 Å². The molecule has 0 atom stereocenters. The topological polar surface area (TPSA) is 37.2 Å². The van der Waals surface area contributed by atoms with Crippen molar-refractivity contribution in [2.24, 2.45) is 10.8 Å². The number of hydrogen-bond acceptors (Lipinski definition) is 1. The molecular weight excluding hydrogens is 253 g/mol. The van der Waals surface area contributed by atoms with Crippen LogP contribution in [-0.4, -0.2) is 0 Å². The molecule has 1 aromatic carbocycles. The number of nitrogens with one attached hydrogen (secondary N) is 1.